The Balaban J connectivity index is 1.57. The second kappa shape index (κ2) is 8.33. The van der Waals surface area contributed by atoms with Crippen molar-refractivity contribution in [1.82, 2.24) is 15.4 Å². The smallest absolute Gasteiger partial charge is 0.236 e. The molecular weight excluding hydrogens is 370 g/mol. The van der Waals surface area contributed by atoms with Crippen LogP contribution in [0.25, 0.3) is 0 Å². The normalized spacial score (nSPS) is 10.7. The van der Waals surface area contributed by atoms with Gasteiger partial charge in [-0.2, -0.15) is 0 Å². The molecule has 9 heteroatoms. The average Bonchev–Trinajstić information content (AvgIpc) is 3.23. The van der Waals surface area contributed by atoms with Gasteiger partial charge in [0.15, 0.2) is 10.2 Å². The van der Waals surface area contributed by atoms with Crippen molar-refractivity contribution < 1.29 is 9.32 Å². The van der Waals surface area contributed by atoms with Crippen LogP contribution in [0.5, 0.6) is 0 Å². The molecule has 0 atom stereocenters. The molecule has 7 nitrogen and oxygen atoms in total. The molecule has 0 unspecified atom stereocenters. The number of thioether (sulfide) groups is 1. The van der Waals surface area contributed by atoms with Crippen molar-refractivity contribution in [2.24, 2.45) is 0 Å². The molecule has 0 saturated heterocycles. The van der Waals surface area contributed by atoms with Crippen LogP contribution in [0.1, 0.15) is 23.8 Å². The van der Waals surface area contributed by atoms with E-state index in [1.165, 1.54) is 28.7 Å². The number of hydrogen-bond acceptors (Lipinski definition) is 8. The van der Waals surface area contributed by atoms with Crippen LogP contribution in [0.3, 0.4) is 0 Å². The summed E-state index contributed by atoms with van der Waals surface area (Å²) in [6.07, 6.45) is 0.937. The van der Waals surface area contributed by atoms with E-state index >= 15 is 0 Å². The van der Waals surface area contributed by atoms with E-state index < -0.39 is 0 Å². The lowest BCUT2D eigenvalue weighted by molar-refractivity contribution is -0.113. The average molecular weight is 390 g/mol. The quantitative estimate of drug-likeness (QED) is 0.586. The van der Waals surface area contributed by atoms with Crippen LogP contribution in [0.4, 0.5) is 16.6 Å². The first-order valence-electron chi connectivity index (χ1n) is 8.10. The Morgan fingerprint density at radius 2 is 2.15 bits per heavy atom. The zero-order chi connectivity index (χ0) is 18.5. The Morgan fingerprint density at radius 3 is 2.88 bits per heavy atom. The van der Waals surface area contributed by atoms with Gasteiger partial charge in [0, 0.05) is 11.8 Å². The fraction of sp³-hybridized carbons (Fsp3) is 0.294. The zero-order valence-corrected chi connectivity index (χ0v) is 16.3. The molecule has 0 radical (unpaired) electrons. The number of anilines is 3. The third kappa shape index (κ3) is 4.61. The summed E-state index contributed by atoms with van der Waals surface area (Å²) < 4.78 is 5.64. The van der Waals surface area contributed by atoms with Crippen molar-refractivity contribution in [2.75, 3.05) is 16.4 Å². The van der Waals surface area contributed by atoms with Crippen LogP contribution in [0.15, 0.2) is 33.1 Å². The monoisotopic (exact) mass is 389 g/mol. The molecule has 2 heterocycles. The molecule has 3 aromatic rings. The lowest BCUT2D eigenvalue weighted by Gasteiger charge is -2.11. The van der Waals surface area contributed by atoms with Gasteiger partial charge in [0.1, 0.15) is 5.76 Å². The number of amides is 1. The highest BCUT2D eigenvalue weighted by Crippen LogP contribution is 2.30. The van der Waals surface area contributed by atoms with Gasteiger partial charge in [-0.15, -0.1) is 10.2 Å². The van der Waals surface area contributed by atoms with E-state index in [0.717, 1.165) is 22.0 Å². The Labute approximate surface area is 159 Å². The van der Waals surface area contributed by atoms with Crippen molar-refractivity contribution in [2.45, 2.75) is 31.5 Å². The molecule has 136 valence electrons. The number of aromatic nitrogens is 3. The van der Waals surface area contributed by atoms with E-state index in [0.29, 0.717) is 16.7 Å². The maximum Gasteiger partial charge on any atom is 0.236 e. The number of rotatable bonds is 7. The van der Waals surface area contributed by atoms with Crippen LogP contribution in [-0.2, 0) is 11.2 Å². The maximum atomic E-state index is 11.9. The van der Waals surface area contributed by atoms with Gasteiger partial charge in [0.2, 0.25) is 11.0 Å². The van der Waals surface area contributed by atoms with Crippen LogP contribution in [0.2, 0.25) is 0 Å². The van der Waals surface area contributed by atoms with Gasteiger partial charge in [-0.3, -0.25) is 4.79 Å². The van der Waals surface area contributed by atoms with Crippen LogP contribution >= 0.6 is 23.1 Å². The third-order valence-electron chi connectivity index (χ3n) is 3.60. The van der Waals surface area contributed by atoms with Crippen molar-refractivity contribution in [3.63, 3.8) is 0 Å². The molecule has 0 bridgehead atoms. The minimum atomic E-state index is -0.166. The largest absolute Gasteiger partial charge is 0.360 e. The molecule has 2 N–H and O–H groups in total. The van der Waals surface area contributed by atoms with Crippen LogP contribution in [-0.4, -0.2) is 27.0 Å². The molecule has 2 aromatic heterocycles. The van der Waals surface area contributed by atoms with E-state index in [-0.39, 0.29) is 11.7 Å². The highest BCUT2D eigenvalue weighted by atomic mass is 32.2. The van der Waals surface area contributed by atoms with Gasteiger partial charge < -0.3 is 15.2 Å². The van der Waals surface area contributed by atoms with Gasteiger partial charge in [-0.05, 0) is 31.4 Å². The highest BCUT2D eigenvalue weighted by molar-refractivity contribution is 8.01. The predicted molar refractivity (Wildman–Crippen MR) is 104 cm³/mol. The molecule has 0 aliphatic heterocycles. The lowest BCUT2D eigenvalue weighted by Crippen LogP contribution is -2.14. The van der Waals surface area contributed by atoms with Gasteiger partial charge in [0.05, 0.1) is 5.75 Å². The predicted octanol–water partition coefficient (Wildman–Crippen LogP) is 4.18. The Bertz CT molecular complexity index is 906. The summed E-state index contributed by atoms with van der Waals surface area (Å²) >= 11 is 2.76. The molecule has 0 spiro atoms. The summed E-state index contributed by atoms with van der Waals surface area (Å²) in [6.45, 7) is 5.95. The molecule has 0 aliphatic rings. The molecular formula is C17H19N5O2S2. The second-order valence-electron chi connectivity index (χ2n) is 5.62. The minimum absolute atomic E-state index is 0.166. The summed E-state index contributed by atoms with van der Waals surface area (Å²) in [6, 6.07) is 7.88. The first-order valence-corrected chi connectivity index (χ1v) is 9.90. The number of aryl methyl sites for hydroxylation is 3. The topological polar surface area (TPSA) is 92.9 Å². The number of carbonyl (C=O) groups excluding carboxylic acids is 1. The minimum Gasteiger partial charge on any atom is -0.360 e. The van der Waals surface area contributed by atoms with Crippen LogP contribution < -0.4 is 10.6 Å². The second-order valence-corrected chi connectivity index (χ2v) is 7.82. The van der Waals surface area contributed by atoms with Gasteiger partial charge >= 0.3 is 0 Å². The fourth-order valence-corrected chi connectivity index (χ4v) is 3.92. The maximum absolute atomic E-state index is 11.9. The molecule has 1 amide bonds. The first kappa shape index (κ1) is 18.4. The summed E-state index contributed by atoms with van der Waals surface area (Å²) in [5.41, 5.74) is 3.47. The fourth-order valence-electron chi connectivity index (χ4n) is 2.36. The summed E-state index contributed by atoms with van der Waals surface area (Å²) in [4.78, 5) is 11.9. The Kier molecular flexibility index (Phi) is 5.89. The number of nitrogens with zero attached hydrogens (tertiary/aromatic N) is 3. The Morgan fingerprint density at radius 1 is 1.31 bits per heavy atom. The Hall–Kier alpha value is -2.39. The van der Waals surface area contributed by atoms with E-state index in [9.17, 15) is 4.79 Å². The highest BCUT2D eigenvalue weighted by Gasteiger charge is 2.12. The standard InChI is InChI=1S/C17H19N5O2S2/c1-4-12-7-5-6-10(2)15(12)19-16-20-21-17(26-16)25-9-14(23)18-13-8-11(3)24-22-13/h5-8H,4,9H2,1-3H3,(H,19,20)(H,18,22,23). The lowest BCUT2D eigenvalue weighted by atomic mass is 10.1. The summed E-state index contributed by atoms with van der Waals surface area (Å²) in [7, 11) is 0. The van der Waals surface area contributed by atoms with E-state index in [2.05, 4.69) is 58.0 Å². The molecule has 1 aromatic carbocycles. The third-order valence-corrected chi connectivity index (χ3v) is 5.57. The number of benzene rings is 1. The van der Waals surface area contributed by atoms with Gasteiger partial charge in [-0.1, -0.05) is 53.4 Å². The van der Waals surface area contributed by atoms with E-state index in [4.69, 9.17) is 4.52 Å². The summed E-state index contributed by atoms with van der Waals surface area (Å²) in [5.74, 6) is 1.13. The van der Waals surface area contributed by atoms with E-state index in [1.807, 2.05) is 0 Å². The number of para-hydroxylation sites is 1. The van der Waals surface area contributed by atoms with Crippen molar-refractivity contribution in [3.8, 4) is 0 Å². The molecule has 0 aliphatic carbocycles. The van der Waals surface area contributed by atoms with Crippen LogP contribution in [0, 0.1) is 13.8 Å². The first-order chi connectivity index (χ1) is 12.5. The molecule has 0 saturated carbocycles. The number of hydrogen-bond donors (Lipinski definition) is 2. The molecule has 0 fully saturated rings. The van der Waals surface area contributed by atoms with Crippen molar-refractivity contribution >= 4 is 45.6 Å². The SMILES string of the molecule is CCc1cccc(C)c1Nc1nnc(SCC(=O)Nc2cc(C)on2)s1. The van der Waals surface area contributed by atoms with Gasteiger partial charge in [0.25, 0.3) is 0 Å². The van der Waals surface area contributed by atoms with Crippen molar-refractivity contribution in [1.29, 1.82) is 0 Å². The summed E-state index contributed by atoms with van der Waals surface area (Å²) in [5, 5.41) is 18.8. The van der Waals surface area contributed by atoms with E-state index in [1.54, 1.807) is 13.0 Å². The molecule has 3 rings (SSSR count). The van der Waals surface area contributed by atoms with Gasteiger partial charge in [-0.25, -0.2) is 0 Å². The number of carbonyl (C=O) groups is 1. The molecule has 26 heavy (non-hydrogen) atoms. The number of nitrogens with one attached hydrogen (secondary N) is 2. The van der Waals surface area contributed by atoms with Crippen molar-refractivity contribution in [3.05, 3.63) is 41.2 Å². The zero-order valence-electron chi connectivity index (χ0n) is 14.7.